The SMILES string of the molecule is Cc1ccc(-c2nn(-c3ccccn3)cc2C=O)o1. The zero-order valence-corrected chi connectivity index (χ0v) is 10.3. The van der Waals surface area contributed by atoms with Gasteiger partial charge in [-0.3, -0.25) is 4.79 Å². The molecule has 3 rings (SSSR count). The van der Waals surface area contributed by atoms with Crippen LogP contribution in [0.2, 0.25) is 0 Å². The molecule has 0 radical (unpaired) electrons. The third kappa shape index (κ3) is 2.06. The second kappa shape index (κ2) is 4.53. The van der Waals surface area contributed by atoms with E-state index in [0.717, 1.165) is 12.0 Å². The fourth-order valence-electron chi connectivity index (χ4n) is 1.83. The third-order valence-corrected chi connectivity index (χ3v) is 2.73. The standard InChI is InChI=1S/C14H11N3O2/c1-10-5-6-12(19-10)14-11(9-18)8-17(16-14)13-4-2-3-7-15-13/h2-9H,1H3. The fraction of sp³-hybridized carbons (Fsp3) is 0.0714. The van der Waals surface area contributed by atoms with Crippen molar-refractivity contribution in [3.05, 3.63) is 54.0 Å². The Balaban J connectivity index is 2.11. The Morgan fingerprint density at radius 2 is 2.16 bits per heavy atom. The van der Waals surface area contributed by atoms with E-state index in [1.165, 1.54) is 0 Å². The van der Waals surface area contributed by atoms with Gasteiger partial charge in [0.1, 0.15) is 11.5 Å². The molecular weight excluding hydrogens is 242 g/mol. The lowest BCUT2D eigenvalue weighted by atomic mass is 10.2. The lowest BCUT2D eigenvalue weighted by Crippen LogP contribution is -1.96. The molecule has 0 aliphatic rings. The van der Waals surface area contributed by atoms with Gasteiger partial charge in [0.15, 0.2) is 17.9 Å². The zero-order valence-electron chi connectivity index (χ0n) is 10.3. The highest BCUT2D eigenvalue weighted by atomic mass is 16.3. The summed E-state index contributed by atoms with van der Waals surface area (Å²) >= 11 is 0. The van der Waals surface area contributed by atoms with Crippen molar-refractivity contribution >= 4 is 6.29 Å². The molecule has 0 spiro atoms. The lowest BCUT2D eigenvalue weighted by molar-refractivity contribution is 0.112. The molecular formula is C14H11N3O2. The molecule has 3 aromatic heterocycles. The van der Waals surface area contributed by atoms with Gasteiger partial charge >= 0.3 is 0 Å². The quantitative estimate of drug-likeness (QED) is 0.673. The van der Waals surface area contributed by atoms with Gasteiger partial charge in [-0.25, -0.2) is 9.67 Å². The van der Waals surface area contributed by atoms with Crippen molar-refractivity contribution in [2.45, 2.75) is 6.92 Å². The highest BCUT2D eigenvalue weighted by molar-refractivity contribution is 5.84. The van der Waals surface area contributed by atoms with E-state index in [9.17, 15) is 4.79 Å². The highest BCUT2D eigenvalue weighted by Gasteiger charge is 2.14. The van der Waals surface area contributed by atoms with Crippen LogP contribution < -0.4 is 0 Å². The number of aryl methyl sites for hydroxylation is 1. The Labute approximate surface area is 109 Å². The number of aldehydes is 1. The molecule has 0 atom stereocenters. The van der Waals surface area contributed by atoms with Crippen molar-refractivity contribution in [1.82, 2.24) is 14.8 Å². The molecule has 0 saturated heterocycles. The van der Waals surface area contributed by atoms with Crippen LogP contribution in [0.1, 0.15) is 16.1 Å². The maximum absolute atomic E-state index is 11.1. The maximum atomic E-state index is 11.1. The third-order valence-electron chi connectivity index (χ3n) is 2.73. The summed E-state index contributed by atoms with van der Waals surface area (Å²) in [7, 11) is 0. The van der Waals surface area contributed by atoms with E-state index < -0.39 is 0 Å². The molecule has 0 aromatic carbocycles. The van der Waals surface area contributed by atoms with Crippen molar-refractivity contribution in [2.24, 2.45) is 0 Å². The maximum Gasteiger partial charge on any atom is 0.155 e. The molecule has 0 aliphatic carbocycles. The van der Waals surface area contributed by atoms with Gasteiger partial charge in [0.05, 0.1) is 5.56 Å². The van der Waals surface area contributed by atoms with Crippen LogP contribution >= 0.6 is 0 Å². The Kier molecular flexibility index (Phi) is 2.72. The molecule has 3 aromatic rings. The number of hydrogen-bond donors (Lipinski definition) is 0. The predicted octanol–water partition coefficient (Wildman–Crippen LogP) is 2.65. The minimum absolute atomic E-state index is 0.472. The molecule has 0 amide bonds. The van der Waals surface area contributed by atoms with Crippen molar-refractivity contribution in [1.29, 1.82) is 0 Å². The minimum Gasteiger partial charge on any atom is -0.460 e. The second-order valence-electron chi connectivity index (χ2n) is 4.09. The van der Waals surface area contributed by atoms with Crippen molar-refractivity contribution < 1.29 is 9.21 Å². The molecule has 0 N–H and O–H groups in total. The Morgan fingerprint density at radius 1 is 1.26 bits per heavy atom. The molecule has 5 heteroatoms. The Bertz CT molecular complexity index is 713. The van der Waals surface area contributed by atoms with E-state index in [0.29, 0.717) is 22.8 Å². The average molecular weight is 253 g/mol. The lowest BCUT2D eigenvalue weighted by Gasteiger charge is -1.97. The Hall–Kier alpha value is -2.69. The average Bonchev–Trinajstić information content (AvgIpc) is 3.05. The molecule has 19 heavy (non-hydrogen) atoms. The number of furan rings is 1. The first-order chi connectivity index (χ1) is 9.28. The van der Waals surface area contributed by atoms with E-state index in [1.807, 2.05) is 31.2 Å². The number of carbonyl (C=O) groups excluding carboxylic acids is 1. The summed E-state index contributed by atoms with van der Waals surface area (Å²) in [6, 6.07) is 9.14. The van der Waals surface area contributed by atoms with Crippen LogP contribution in [-0.2, 0) is 0 Å². The number of pyridine rings is 1. The molecule has 0 aliphatic heterocycles. The van der Waals surface area contributed by atoms with Crippen LogP contribution in [-0.4, -0.2) is 21.1 Å². The van der Waals surface area contributed by atoms with E-state index >= 15 is 0 Å². The van der Waals surface area contributed by atoms with E-state index in [4.69, 9.17) is 4.42 Å². The summed E-state index contributed by atoms with van der Waals surface area (Å²) in [4.78, 5) is 15.3. The minimum atomic E-state index is 0.472. The van der Waals surface area contributed by atoms with E-state index in [-0.39, 0.29) is 0 Å². The molecule has 5 nitrogen and oxygen atoms in total. The first kappa shape index (κ1) is 11.4. The van der Waals surface area contributed by atoms with E-state index in [1.54, 1.807) is 23.1 Å². The molecule has 3 heterocycles. The van der Waals surface area contributed by atoms with Crippen LogP contribution in [0, 0.1) is 6.92 Å². The number of hydrogen-bond acceptors (Lipinski definition) is 4. The number of nitrogens with zero attached hydrogens (tertiary/aromatic N) is 3. The van der Waals surface area contributed by atoms with Gasteiger partial charge < -0.3 is 4.42 Å². The van der Waals surface area contributed by atoms with Crippen LogP contribution in [0.4, 0.5) is 0 Å². The van der Waals surface area contributed by atoms with Gasteiger partial charge in [0.25, 0.3) is 0 Å². The first-order valence-electron chi connectivity index (χ1n) is 5.81. The van der Waals surface area contributed by atoms with Crippen LogP contribution in [0.25, 0.3) is 17.3 Å². The number of aromatic nitrogens is 3. The topological polar surface area (TPSA) is 60.9 Å². The summed E-state index contributed by atoms with van der Waals surface area (Å²) in [6.45, 7) is 1.85. The number of carbonyl (C=O) groups is 1. The molecule has 0 fully saturated rings. The molecule has 0 saturated carbocycles. The predicted molar refractivity (Wildman–Crippen MR) is 69.2 cm³/mol. The molecule has 0 unspecified atom stereocenters. The Morgan fingerprint density at radius 3 is 2.79 bits per heavy atom. The summed E-state index contributed by atoms with van der Waals surface area (Å²) < 4.78 is 7.07. The summed E-state index contributed by atoms with van der Waals surface area (Å²) in [5.41, 5.74) is 0.994. The van der Waals surface area contributed by atoms with Crippen molar-refractivity contribution in [2.75, 3.05) is 0 Å². The normalized spacial score (nSPS) is 10.6. The molecule has 94 valence electrons. The van der Waals surface area contributed by atoms with Crippen molar-refractivity contribution in [3.63, 3.8) is 0 Å². The van der Waals surface area contributed by atoms with Crippen molar-refractivity contribution in [3.8, 4) is 17.3 Å². The van der Waals surface area contributed by atoms with Crippen LogP contribution in [0.5, 0.6) is 0 Å². The van der Waals surface area contributed by atoms with Gasteiger partial charge in [-0.05, 0) is 31.2 Å². The highest BCUT2D eigenvalue weighted by Crippen LogP contribution is 2.24. The van der Waals surface area contributed by atoms with Gasteiger partial charge in [-0.1, -0.05) is 6.07 Å². The summed E-state index contributed by atoms with van der Waals surface area (Å²) in [5.74, 6) is 2.01. The largest absolute Gasteiger partial charge is 0.460 e. The van der Waals surface area contributed by atoms with Crippen LogP contribution in [0.15, 0.2) is 47.1 Å². The molecule has 0 bridgehead atoms. The fourth-order valence-corrected chi connectivity index (χ4v) is 1.83. The van der Waals surface area contributed by atoms with Gasteiger partial charge in [0, 0.05) is 12.4 Å². The second-order valence-corrected chi connectivity index (χ2v) is 4.09. The van der Waals surface area contributed by atoms with Gasteiger partial charge in [0.2, 0.25) is 0 Å². The summed E-state index contributed by atoms with van der Waals surface area (Å²) in [6.07, 6.45) is 4.08. The smallest absolute Gasteiger partial charge is 0.155 e. The van der Waals surface area contributed by atoms with Crippen LogP contribution in [0.3, 0.4) is 0 Å². The van der Waals surface area contributed by atoms with Gasteiger partial charge in [-0.2, -0.15) is 5.10 Å². The number of rotatable bonds is 3. The summed E-state index contributed by atoms with van der Waals surface area (Å²) in [5, 5.41) is 4.36. The monoisotopic (exact) mass is 253 g/mol. The first-order valence-corrected chi connectivity index (χ1v) is 5.81. The van der Waals surface area contributed by atoms with Gasteiger partial charge in [-0.15, -0.1) is 0 Å². The van der Waals surface area contributed by atoms with E-state index in [2.05, 4.69) is 10.1 Å². The zero-order chi connectivity index (χ0) is 13.2.